The van der Waals surface area contributed by atoms with E-state index in [-0.39, 0.29) is 11.3 Å². The van der Waals surface area contributed by atoms with Crippen LogP contribution in [0.1, 0.15) is 27.9 Å². The number of hydrogen-bond donors (Lipinski definition) is 2. The van der Waals surface area contributed by atoms with E-state index in [1.807, 2.05) is 24.3 Å². The summed E-state index contributed by atoms with van der Waals surface area (Å²) in [5.74, 6) is 0.340. The van der Waals surface area contributed by atoms with Crippen molar-refractivity contribution in [1.29, 1.82) is 0 Å². The van der Waals surface area contributed by atoms with E-state index in [1.165, 1.54) is 0 Å². The number of benzene rings is 2. The smallest absolute Gasteiger partial charge is 0.336 e. The van der Waals surface area contributed by atoms with Crippen molar-refractivity contribution in [2.24, 2.45) is 0 Å². The summed E-state index contributed by atoms with van der Waals surface area (Å²) >= 11 is 0. The van der Waals surface area contributed by atoms with Gasteiger partial charge in [-0.3, -0.25) is 0 Å². The Bertz CT molecular complexity index is 948. The van der Waals surface area contributed by atoms with E-state index in [0.29, 0.717) is 17.1 Å². The number of ether oxygens (including phenoxy) is 1. The molecule has 0 saturated carbocycles. The van der Waals surface area contributed by atoms with Crippen LogP contribution in [0.4, 0.5) is 0 Å². The van der Waals surface area contributed by atoms with Crippen molar-refractivity contribution in [2.75, 3.05) is 0 Å². The second-order valence-corrected chi connectivity index (χ2v) is 5.63. The van der Waals surface area contributed by atoms with Crippen molar-refractivity contribution >= 4 is 11.5 Å². The van der Waals surface area contributed by atoms with Crippen molar-refractivity contribution < 1.29 is 19.7 Å². The number of rotatable bonds is 2. The summed E-state index contributed by atoms with van der Waals surface area (Å²) in [6.07, 6.45) is 6.67. The molecule has 0 unspecified atom stereocenters. The molecule has 24 heavy (non-hydrogen) atoms. The van der Waals surface area contributed by atoms with Crippen LogP contribution in [0.3, 0.4) is 0 Å². The van der Waals surface area contributed by atoms with Gasteiger partial charge < -0.3 is 14.9 Å². The second kappa shape index (κ2) is 5.42. The first-order valence-corrected chi connectivity index (χ1v) is 7.60. The van der Waals surface area contributed by atoms with Crippen LogP contribution in [-0.4, -0.2) is 16.2 Å². The third-order valence-electron chi connectivity index (χ3n) is 4.14. The zero-order chi connectivity index (χ0) is 16.7. The first kappa shape index (κ1) is 14.3. The lowest BCUT2D eigenvalue weighted by Crippen LogP contribution is -2.13. The summed E-state index contributed by atoms with van der Waals surface area (Å²) in [5, 5.41) is 19.3. The van der Waals surface area contributed by atoms with Crippen LogP contribution in [0, 0.1) is 0 Å². The number of phenolic OH excluding ortho intramolecular Hbond substituents is 1. The lowest BCUT2D eigenvalue weighted by Gasteiger charge is -2.27. The summed E-state index contributed by atoms with van der Waals surface area (Å²) in [4.78, 5) is 11.7. The molecule has 1 aliphatic heterocycles. The molecule has 0 spiro atoms. The molecule has 0 aromatic heterocycles. The first-order valence-electron chi connectivity index (χ1n) is 7.60. The van der Waals surface area contributed by atoms with Crippen LogP contribution in [-0.2, 0) is 0 Å². The van der Waals surface area contributed by atoms with E-state index in [4.69, 9.17) is 4.74 Å². The van der Waals surface area contributed by atoms with Gasteiger partial charge in [-0.05, 0) is 36.3 Å². The normalized spacial score (nSPS) is 15.2. The summed E-state index contributed by atoms with van der Waals surface area (Å²) in [6.45, 7) is 0. The maximum atomic E-state index is 11.7. The molecule has 4 nitrogen and oxygen atoms in total. The van der Waals surface area contributed by atoms with E-state index < -0.39 is 5.97 Å². The number of hydrogen-bond acceptors (Lipinski definition) is 3. The Balaban J connectivity index is 2.06. The molecule has 2 aromatic rings. The van der Waals surface area contributed by atoms with Crippen molar-refractivity contribution in [1.82, 2.24) is 0 Å². The lowest BCUT2D eigenvalue weighted by molar-refractivity contribution is 0.0696. The molecule has 0 saturated heterocycles. The van der Waals surface area contributed by atoms with Crippen molar-refractivity contribution in [2.45, 2.75) is 6.42 Å². The molecule has 2 N–H and O–H groups in total. The van der Waals surface area contributed by atoms with Gasteiger partial charge in [0.25, 0.3) is 0 Å². The number of carbonyl (C=O) groups is 1. The minimum Gasteiger partial charge on any atom is -0.508 e. The monoisotopic (exact) mass is 318 g/mol. The fraction of sp³-hybridized carbons (Fsp3) is 0.0500. The van der Waals surface area contributed by atoms with Crippen molar-refractivity contribution in [3.63, 3.8) is 0 Å². The number of fused-ring (bicyclic) bond motifs is 2. The minimum atomic E-state index is -0.976. The minimum absolute atomic E-state index is 0.107. The van der Waals surface area contributed by atoms with E-state index in [1.54, 1.807) is 36.4 Å². The molecular weight excluding hydrogens is 304 g/mol. The molecule has 0 atom stereocenters. The van der Waals surface area contributed by atoms with Gasteiger partial charge in [-0.15, -0.1) is 0 Å². The van der Waals surface area contributed by atoms with Gasteiger partial charge in [0, 0.05) is 22.8 Å². The highest BCUT2D eigenvalue weighted by molar-refractivity contribution is 6.00. The predicted molar refractivity (Wildman–Crippen MR) is 90.0 cm³/mol. The van der Waals surface area contributed by atoms with Crippen LogP contribution in [0.15, 0.2) is 72.0 Å². The molecule has 0 bridgehead atoms. The molecule has 4 heteroatoms. The van der Waals surface area contributed by atoms with E-state index in [9.17, 15) is 15.0 Å². The number of aromatic carboxylic acids is 1. The van der Waals surface area contributed by atoms with Gasteiger partial charge in [-0.1, -0.05) is 30.4 Å². The third kappa shape index (κ3) is 2.20. The van der Waals surface area contributed by atoms with Crippen molar-refractivity contribution in [3.05, 3.63) is 88.7 Å². The molecule has 2 aromatic carbocycles. The fourth-order valence-corrected chi connectivity index (χ4v) is 3.10. The maximum Gasteiger partial charge on any atom is 0.336 e. The van der Waals surface area contributed by atoms with Gasteiger partial charge in [0.2, 0.25) is 0 Å². The Morgan fingerprint density at radius 1 is 1.08 bits per heavy atom. The average molecular weight is 318 g/mol. The summed E-state index contributed by atoms with van der Waals surface area (Å²) in [6, 6.07) is 11.8. The van der Waals surface area contributed by atoms with E-state index >= 15 is 0 Å². The molecule has 0 amide bonds. The Kier molecular flexibility index (Phi) is 3.24. The average Bonchev–Trinajstić information content (AvgIpc) is 2.59. The SMILES string of the molecule is O=C(O)c1ccccc1C1=C2C=CCC=C2Oc2cc(O)ccc21. The van der Waals surface area contributed by atoms with E-state index in [2.05, 4.69) is 0 Å². The number of carboxylic acid groups (broad SMARTS) is 1. The highest BCUT2D eigenvalue weighted by atomic mass is 16.5. The van der Waals surface area contributed by atoms with Gasteiger partial charge in [-0.2, -0.15) is 0 Å². The topological polar surface area (TPSA) is 66.8 Å². The van der Waals surface area contributed by atoms with Crippen LogP contribution in [0.5, 0.6) is 11.5 Å². The zero-order valence-corrected chi connectivity index (χ0v) is 12.7. The number of phenols is 1. The van der Waals surface area contributed by atoms with Crippen LogP contribution in [0.2, 0.25) is 0 Å². The zero-order valence-electron chi connectivity index (χ0n) is 12.7. The van der Waals surface area contributed by atoms with Crippen LogP contribution in [0.25, 0.3) is 5.57 Å². The molecule has 0 radical (unpaired) electrons. The summed E-state index contributed by atoms with van der Waals surface area (Å²) in [7, 11) is 0. The molecule has 0 fully saturated rings. The standard InChI is InChI=1S/C20H14O4/c21-12-9-10-16-18(11-12)24-17-8-4-3-7-15(17)19(16)13-5-1-2-6-14(13)20(22)23/h1-3,5-11,21H,4H2,(H,22,23). The second-order valence-electron chi connectivity index (χ2n) is 5.63. The Hall–Kier alpha value is -3.27. The fourth-order valence-electron chi connectivity index (χ4n) is 3.10. The molecule has 118 valence electrons. The van der Waals surface area contributed by atoms with Crippen LogP contribution < -0.4 is 4.74 Å². The summed E-state index contributed by atoms with van der Waals surface area (Å²) in [5.41, 5.74) is 3.29. The molecule has 2 aliphatic rings. The first-order chi connectivity index (χ1) is 11.6. The molecular formula is C20H14O4. The summed E-state index contributed by atoms with van der Waals surface area (Å²) < 4.78 is 5.91. The quantitative estimate of drug-likeness (QED) is 0.874. The Morgan fingerprint density at radius 2 is 1.92 bits per heavy atom. The van der Waals surface area contributed by atoms with Crippen molar-refractivity contribution in [3.8, 4) is 11.5 Å². The van der Waals surface area contributed by atoms with Gasteiger partial charge in [-0.25, -0.2) is 4.79 Å². The number of allylic oxidation sites excluding steroid dienone is 3. The van der Waals surface area contributed by atoms with E-state index in [0.717, 1.165) is 23.1 Å². The maximum absolute atomic E-state index is 11.7. The van der Waals surface area contributed by atoms with Gasteiger partial charge >= 0.3 is 5.97 Å². The van der Waals surface area contributed by atoms with Gasteiger partial charge in [0.05, 0.1) is 5.56 Å². The molecule has 1 aliphatic carbocycles. The third-order valence-corrected chi connectivity index (χ3v) is 4.14. The Labute approximate surface area is 138 Å². The van der Waals surface area contributed by atoms with Gasteiger partial charge in [0.1, 0.15) is 17.3 Å². The lowest BCUT2D eigenvalue weighted by atomic mass is 9.85. The largest absolute Gasteiger partial charge is 0.508 e. The number of aromatic hydroxyl groups is 1. The number of carboxylic acids is 1. The highest BCUT2D eigenvalue weighted by Crippen LogP contribution is 2.44. The predicted octanol–water partition coefficient (Wildman–Crippen LogP) is 4.13. The Morgan fingerprint density at radius 3 is 2.75 bits per heavy atom. The molecule has 1 heterocycles. The molecule has 4 rings (SSSR count). The van der Waals surface area contributed by atoms with Crippen LogP contribution >= 0.6 is 0 Å². The highest BCUT2D eigenvalue weighted by Gasteiger charge is 2.27. The van der Waals surface area contributed by atoms with Gasteiger partial charge in [0.15, 0.2) is 0 Å².